The molecule has 0 atom stereocenters. The smallest absolute Gasteiger partial charge is 0.251 e. The Labute approximate surface area is 151 Å². The molecule has 7 heteroatoms. The highest BCUT2D eigenvalue weighted by Crippen LogP contribution is 2.37. The second kappa shape index (κ2) is 7.41. The SMILES string of the molecule is Cc1ccc(CN(C)CC(=O)Nc2sc3c(c2C(N)=O)CCCC3)o1. The van der Waals surface area contributed by atoms with Crippen LogP contribution in [0.5, 0.6) is 0 Å². The molecule has 0 aliphatic heterocycles. The number of carbonyl (C=O) groups is 2. The summed E-state index contributed by atoms with van der Waals surface area (Å²) in [5, 5.41) is 3.47. The van der Waals surface area contributed by atoms with Crippen molar-refractivity contribution in [1.29, 1.82) is 0 Å². The highest BCUT2D eigenvalue weighted by molar-refractivity contribution is 7.17. The fourth-order valence-electron chi connectivity index (χ4n) is 3.22. The summed E-state index contributed by atoms with van der Waals surface area (Å²) in [6, 6.07) is 3.81. The number of thiophene rings is 1. The summed E-state index contributed by atoms with van der Waals surface area (Å²) < 4.78 is 5.53. The van der Waals surface area contributed by atoms with Crippen molar-refractivity contribution in [3.63, 3.8) is 0 Å². The molecule has 6 nitrogen and oxygen atoms in total. The number of hydrogen-bond donors (Lipinski definition) is 2. The van der Waals surface area contributed by atoms with Crippen molar-refractivity contribution in [2.75, 3.05) is 18.9 Å². The van der Waals surface area contributed by atoms with E-state index in [1.54, 1.807) is 0 Å². The summed E-state index contributed by atoms with van der Waals surface area (Å²) in [6.07, 6.45) is 3.98. The van der Waals surface area contributed by atoms with Gasteiger partial charge in [0.25, 0.3) is 5.91 Å². The lowest BCUT2D eigenvalue weighted by molar-refractivity contribution is -0.117. The molecule has 3 rings (SSSR count). The Morgan fingerprint density at radius 3 is 2.76 bits per heavy atom. The van der Waals surface area contributed by atoms with Crippen LogP contribution in [0.3, 0.4) is 0 Å². The highest BCUT2D eigenvalue weighted by atomic mass is 32.1. The van der Waals surface area contributed by atoms with Gasteiger partial charge in [0.2, 0.25) is 5.91 Å². The Morgan fingerprint density at radius 1 is 1.32 bits per heavy atom. The van der Waals surface area contributed by atoms with Crippen LogP contribution in [-0.4, -0.2) is 30.3 Å². The summed E-state index contributed by atoms with van der Waals surface area (Å²) in [6.45, 7) is 2.64. The van der Waals surface area contributed by atoms with E-state index >= 15 is 0 Å². The van der Waals surface area contributed by atoms with Gasteiger partial charge in [0, 0.05) is 4.88 Å². The van der Waals surface area contributed by atoms with E-state index in [9.17, 15) is 9.59 Å². The van der Waals surface area contributed by atoms with Gasteiger partial charge in [-0.15, -0.1) is 11.3 Å². The van der Waals surface area contributed by atoms with E-state index in [1.807, 2.05) is 31.0 Å². The normalized spacial score (nSPS) is 13.7. The number of rotatable bonds is 6. The van der Waals surface area contributed by atoms with Crippen molar-refractivity contribution in [3.8, 4) is 0 Å². The first-order chi connectivity index (χ1) is 11.9. The first-order valence-corrected chi connectivity index (χ1v) is 9.23. The lowest BCUT2D eigenvalue weighted by Gasteiger charge is -2.15. The quantitative estimate of drug-likeness (QED) is 0.828. The number of amides is 2. The van der Waals surface area contributed by atoms with Crippen LogP contribution in [0, 0.1) is 6.92 Å². The lowest BCUT2D eigenvalue weighted by Crippen LogP contribution is -2.30. The van der Waals surface area contributed by atoms with Gasteiger partial charge in [0.1, 0.15) is 16.5 Å². The van der Waals surface area contributed by atoms with Crippen LogP contribution in [0.2, 0.25) is 0 Å². The Balaban J connectivity index is 1.66. The number of nitrogens with zero attached hydrogens (tertiary/aromatic N) is 1. The third-order valence-electron chi connectivity index (χ3n) is 4.31. The molecule has 0 saturated carbocycles. The lowest BCUT2D eigenvalue weighted by atomic mass is 9.95. The van der Waals surface area contributed by atoms with Crippen LogP contribution in [0.4, 0.5) is 5.00 Å². The van der Waals surface area contributed by atoms with Gasteiger partial charge in [-0.05, 0) is 57.4 Å². The molecule has 2 aromatic heterocycles. The van der Waals surface area contributed by atoms with E-state index in [0.717, 1.165) is 42.8 Å². The van der Waals surface area contributed by atoms with Crippen LogP contribution in [0.1, 0.15) is 45.2 Å². The van der Waals surface area contributed by atoms with Crippen molar-refractivity contribution in [1.82, 2.24) is 4.90 Å². The number of furan rings is 1. The van der Waals surface area contributed by atoms with Gasteiger partial charge in [0.05, 0.1) is 18.7 Å². The molecule has 0 spiro atoms. The predicted molar refractivity (Wildman–Crippen MR) is 97.9 cm³/mol. The van der Waals surface area contributed by atoms with Crippen LogP contribution >= 0.6 is 11.3 Å². The van der Waals surface area contributed by atoms with Crippen molar-refractivity contribution in [3.05, 3.63) is 39.7 Å². The van der Waals surface area contributed by atoms with Crippen molar-refractivity contribution < 1.29 is 14.0 Å². The maximum absolute atomic E-state index is 12.4. The standard InChI is InChI=1S/C18H23N3O3S/c1-11-7-8-12(24-11)9-21(2)10-15(22)20-18-16(17(19)23)13-5-3-4-6-14(13)25-18/h7-8H,3-6,9-10H2,1-2H3,(H2,19,23)(H,20,22). The van der Waals surface area contributed by atoms with E-state index < -0.39 is 5.91 Å². The fraction of sp³-hybridized carbons (Fsp3) is 0.444. The van der Waals surface area contributed by atoms with Gasteiger partial charge in [-0.2, -0.15) is 0 Å². The molecule has 0 fully saturated rings. The van der Waals surface area contributed by atoms with Crippen LogP contribution in [0.15, 0.2) is 16.5 Å². The number of hydrogen-bond acceptors (Lipinski definition) is 5. The zero-order chi connectivity index (χ0) is 18.0. The zero-order valence-electron chi connectivity index (χ0n) is 14.6. The Morgan fingerprint density at radius 2 is 2.08 bits per heavy atom. The molecule has 0 radical (unpaired) electrons. The van der Waals surface area contributed by atoms with Gasteiger partial charge in [-0.3, -0.25) is 14.5 Å². The third-order valence-corrected chi connectivity index (χ3v) is 5.51. The summed E-state index contributed by atoms with van der Waals surface area (Å²) in [4.78, 5) is 27.3. The Kier molecular flexibility index (Phi) is 5.24. The molecule has 3 N–H and O–H groups in total. The minimum atomic E-state index is -0.464. The average Bonchev–Trinajstić information content (AvgIpc) is 3.09. The van der Waals surface area contributed by atoms with Crippen molar-refractivity contribution in [2.24, 2.45) is 5.73 Å². The number of nitrogens with one attached hydrogen (secondary N) is 1. The summed E-state index contributed by atoms with van der Waals surface area (Å²) in [5.74, 6) is 1.04. The first-order valence-electron chi connectivity index (χ1n) is 8.42. The van der Waals surface area contributed by atoms with Crippen molar-refractivity contribution >= 4 is 28.2 Å². The van der Waals surface area contributed by atoms with Crippen LogP contribution in [-0.2, 0) is 24.2 Å². The topological polar surface area (TPSA) is 88.6 Å². The number of primary amides is 1. The monoisotopic (exact) mass is 361 g/mol. The van der Waals surface area contributed by atoms with E-state index in [-0.39, 0.29) is 12.5 Å². The summed E-state index contributed by atoms with van der Waals surface area (Å²) in [7, 11) is 1.85. The number of anilines is 1. The second-order valence-corrected chi connectivity index (χ2v) is 7.62. The van der Waals surface area contributed by atoms with E-state index in [2.05, 4.69) is 5.32 Å². The zero-order valence-corrected chi connectivity index (χ0v) is 15.4. The molecule has 1 aliphatic carbocycles. The Hall–Kier alpha value is -2.12. The number of nitrogens with two attached hydrogens (primary N) is 1. The van der Waals surface area contributed by atoms with Crippen molar-refractivity contribution in [2.45, 2.75) is 39.2 Å². The Bertz CT molecular complexity index is 794. The predicted octanol–water partition coefficient (Wildman–Crippen LogP) is 2.70. The molecule has 2 heterocycles. The molecule has 1 aliphatic rings. The minimum absolute atomic E-state index is 0.160. The van der Waals surface area contributed by atoms with Gasteiger partial charge in [0.15, 0.2) is 0 Å². The largest absolute Gasteiger partial charge is 0.465 e. The van der Waals surface area contributed by atoms with Gasteiger partial charge in [-0.25, -0.2) is 0 Å². The third kappa shape index (κ3) is 4.11. The average molecular weight is 361 g/mol. The molecule has 2 aromatic rings. The molecular formula is C18H23N3O3S. The van der Waals surface area contributed by atoms with Gasteiger partial charge < -0.3 is 15.5 Å². The van der Waals surface area contributed by atoms with Gasteiger partial charge in [-0.1, -0.05) is 0 Å². The number of carbonyl (C=O) groups excluding carboxylic acids is 2. The van der Waals surface area contributed by atoms with E-state index in [0.29, 0.717) is 17.1 Å². The number of fused-ring (bicyclic) bond motifs is 1. The molecule has 0 bridgehead atoms. The maximum atomic E-state index is 12.4. The molecule has 2 amide bonds. The highest BCUT2D eigenvalue weighted by Gasteiger charge is 2.25. The number of likely N-dealkylation sites (N-methyl/N-ethyl adjacent to an activating group) is 1. The van der Waals surface area contributed by atoms with E-state index in [4.69, 9.17) is 10.2 Å². The van der Waals surface area contributed by atoms with Crippen LogP contribution in [0.25, 0.3) is 0 Å². The number of aryl methyl sites for hydroxylation is 2. The summed E-state index contributed by atoms with van der Waals surface area (Å²) >= 11 is 1.48. The molecular weight excluding hydrogens is 338 g/mol. The molecule has 0 unspecified atom stereocenters. The minimum Gasteiger partial charge on any atom is -0.465 e. The first kappa shape index (κ1) is 17.7. The molecule has 0 saturated heterocycles. The molecule has 25 heavy (non-hydrogen) atoms. The fourth-order valence-corrected chi connectivity index (χ4v) is 4.53. The van der Waals surface area contributed by atoms with E-state index in [1.165, 1.54) is 16.2 Å². The maximum Gasteiger partial charge on any atom is 0.251 e. The van der Waals surface area contributed by atoms with Crippen LogP contribution < -0.4 is 11.1 Å². The molecule has 134 valence electrons. The second-order valence-electron chi connectivity index (χ2n) is 6.51. The summed E-state index contributed by atoms with van der Waals surface area (Å²) in [5.41, 5.74) is 7.08. The van der Waals surface area contributed by atoms with Gasteiger partial charge >= 0.3 is 0 Å². The molecule has 0 aromatic carbocycles.